The maximum Gasteiger partial charge on any atom is 0.254 e. The summed E-state index contributed by atoms with van der Waals surface area (Å²) in [5.41, 5.74) is 7.40. The predicted octanol–water partition coefficient (Wildman–Crippen LogP) is 3.15. The molecule has 0 radical (unpaired) electrons. The quantitative estimate of drug-likeness (QED) is 0.780. The van der Waals surface area contributed by atoms with Crippen LogP contribution in [-0.4, -0.2) is 22.8 Å². The Bertz CT molecular complexity index is 756. The number of hydrogen-bond acceptors (Lipinski definition) is 4. The van der Waals surface area contributed by atoms with Crippen molar-refractivity contribution in [2.75, 3.05) is 0 Å². The lowest BCUT2D eigenvalue weighted by Crippen LogP contribution is -2.33. The highest BCUT2D eigenvalue weighted by Crippen LogP contribution is 2.25. The van der Waals surface area contributed by atoms with Crippen molar-refractivity contribution in [2.24, 2.45) is 5.73 Å². The van der Waals surface area contributed by atoms with Crippen molar-refractivity contribution in [2.45, 2.75) is 42.5 Å². The lowest BCUT2D eigenvalue weighted by Gasteiger charge is -2.13. The van der Waals surface area contributed by atoms with Gasteiger partial charge in [-0.1, -0.05) is 25.0 Å². The first-order valence-corrected chi connectivity index (χ1v) is 9.39. The topological polar surface area (TPSA) is 85.1 Å². The van der Waals surface area contributed by atoms with Gasteiger partial charge >= 0.3 is 0 Å². The molecule has 1 aromatic heterocycles. The Hall–Kier alpha value is -2.34. The van der Waals surface area contributed by atoms with Crippen molar-refractivity contribution in [3.63, 3.8) is 0 Å². The Morgan fingerprint density at radius 1 is 1.16 bits per heavy atom. The summed E-state index contributed by atoms with van der Waals surface area (Å²) in [4.78, 5) is 28.0. The Balaban J connectivity index is 1.66. The van der Waals surface area contributed by atoms with Crippen molar-refractivity contribution in [1.82, 2.24) is 10.3 Å². The smallest absolute Gasteiger partial charge is 0.254 e. The van der Waals surface area contributed by atoms with Crippen LogP contribution in [0.25, 0.3) is 0 Å². The van der Waals surface area contributed by atoms with Gasteiger partial charge in [-0.15, -0.1) is 11.8 Å². The maximum absolute atomic E-state index is 12.5. The van der Waals surface area contributed by atoms with Crippen LogP contribution >= 0.6 is 11.8 Å². The zero-order valence-corrected chi connectivity index (χ0v) is 14.7. The van der Waals surface area contributed by atoms with Gasteiger partial charge in [0, 0.05) is 23.6 Å². The minimum atomic E-state index is -0.435. The van der Waals surface area contributed by atoms with Crippen LogP contribution < -0.4 is 11.1 Å². The van der Waals surface area contributed by atoms with Gasteiger partial charge in [0.25, 0.3) is 5.91 Å². The molecule has 6 heteroatoms. The third-order valence-corrected chi connectivity index (χ3v) is 5.40. The highest BCUT2D eigenvalue weighted by molar-refractivity contribution is 7.98. The summed E-state index contributed by atoms with van der Waals surface area (Å²) >= 11 is 1.51. The number of nitrogens with zero attached hydrogens (tertiary/aromatic N) is 1. The van der Waals surface area contributed by atoms with Gasteiger partial charge in [0.05, 0.1) is 5.56 Å². The second kappa shape index (κ2) is 8.16. The summed E-state index contributed by atoms with van der Waals surface area (Å²) in [6, 6.07) is 11.1. The van der Waals surface area contributed by atoms with Crippen LogP contribution in [0.2, 0.25) is 0 Å². The highest BCUT2D eigenvalue weighted by Gasteiger charge is 2.20. The number of nitrogens with two attached hydrogens (primary N) is 1. The number of thioether (sulfide) groups is 1. The maximum atomic E-state index is 12.5. The number of benzene rings is 1. The highest BCUT2D eigenvalue weighted by atomic mass is 32.2. The molecular formula is C19H21N3O2S. The van der Waals surface area contributed by atoms with E-state index in [9.17, 15) is 9.59 Å². The molecule has 3 rings (SSSR count). The Kier molecular flexibility index (Phi) is 5.71. The van der Waals surface area contributed by atoms with Gasteiger partial charge in [0.2, 0.25) is 5.91 Å². The van der Waals surface area contributed by atoms with Crippen molar-refractivity contribution in [1.29, 1.82) is 0 Å². The van der Waals surface area contributed by atoms with E-state index in [0.717, 1.165) is 23.4 Å². The number of aromatic nitrogens is 1. The first-order chi connectivity index (χ1) is 12.1. The average molecular weight is 355 g/mol. The zero-order valence-electron chi connectivity index (χ0n) is 13.9. The lowest BCUT2D eigenvalue weighted by atomic mass is 10.1. The standard InChI is InChI=1S/C19H21N3O2S/c20-17(23)14-9-7-13(8-10-14)12-25-19-16(6-3-11-21-19)18(24)22-15-4-1-2-5-15/h3,6-11,15H,1-2,4-5,12H2,(H2,20,23)(H,22,24). The lowest BCUT2D eigenvalue weighted by molar-refractivity contribution is 0.0933. The van der Waals surface area contributed by atoms with E-state index in [2.05, 4.69) is 10.3 Å². The predicted molar refractivity (Wildman–Crippen MR) is 98.5 cm³/mol. The molecule has 0 unspecified atom stereocenters. The molecule has 3 N–H and O–H groups in total. The summed E-state index contributed by atoms with van der Waals surface area (Å²) in [6.45, 7) is 0. The molecule has 0 bridgehead atoms. The molecule has 1 fully saturated rings. The summed E-state index contributed by atoms with van der Waals surface area (Å²) in [7, 11) is 0. The fourth-order valence-electron chi connectivity index (χ4n) is 2.93. The summed E-state index contributed by atoms with van der Waals surface area (Å²) in [5.74, 6) is 0.182. The van der Waals surface area contributed by atoms with E-state index in [1.807, 2.05) is 18.2 Å². The Labute approximate surface area is 151 Å². The van der Waals surface area contributed by atoms with Gasteiger partial charge in [0.1, 0.15) is 5.03 Å². The second-order valence-corrected chi connectivity index (χ2v) is 7.12. The SMILES string of the molecule is NC(=O)c1ccc(CSc2ncccc2C(=O)NC2CCCC2)cc1. The molecule has 2 amide bonds. The summed E-state index contributed by atoms with van der Waals surface area (Å²) < 4.78 is 0. The van der Waals surface area contributed by atoms with Crippen molar-refractivity contribution < 1.29 is 9.59 Å². The second-order valence-electron chi connectivity index (χ2n) is 6.16. The molecule has 130 valence electrons. The van der Waals surface area contributed by atoms with Crippen LogP contribution in [0.1, 0.15) is 52.0 Å². The Morgan fingerprint density at radius 2 is 1.88 bits per heavy atom. The molecule has 1 heterocycles. The molecule has 25 heavy (non-hydrogen) atoms. The van der Waals surface area contributed by atoms with Crippen LogP contribution in [0.4, 0.5) is 0 Å². The number of amides is 2. The molecule has 1 saturated carbocycles. The first-order valence-electron chi connectivity index (χ1n) is 8.41. The minimum Gasteiger partial charge on any atom is -0.366 e. The number of hydrogen-bond donors (Lipinski definition) is 2. The third-order valence-electron chi connectivity index (χ3n) is 4.32. The van der Waals surface area contributed by atoms with E-state index in [1.54, 1.807) is 24.4 Å². The van der Waals surface area contributed by atoms with E-state index in [1.165, 1.54) is 24.6 Å². The molecule has 0 aliphatic heterocycles. The van der Waals surface area contributed by atoms with E-state index >= 15 is 0 Å². The van der Waals surface area contributed by atoms with Crippen molar-refractivity contribution in [3.8, 4) is 0 Å². The van der Waals surface area contributed by atoms with Crippen molar-refractivity contribution >= 4 is 23.6 Å². The number of carbonyl (C=O) groups excluding carboxylic acids is 2. The van der Waals surface area contributed by atoms with Crippen molar-refractivity contribution in [3.05, 3.63) is 59.3 Å². The normalized spacial score (nSPS) is 14.4. The number of primary amides is 1. The minimum absolute atomic E-state index is 0.0495. The van der Waals surface area contributed by atoms with Gasteiger partial charge in [-0.05, 0) is 42.7 Å². The molecule has 1 aromatic carbocycles. The first kappa shape index (κ1) is 17.5. The zero-order chi connectivity index (χ0) is 17.6. The fourth-order valence-corrected chi connectivity index (χ4v) is 3.88. The van der Waals surface area contributed by atoms with E-state index in [0.29, 0.717) is 16.9 Å². The molecule has 1 aliphatic rings. The number of pyridine rings is 1. The molecule has 5 nitrogen and oxygen atoms in total. The van der Waals surface area contributed by atoms with Gasteiger partial charge in [-0.25, -0.2) is 4.98 Å². The summed E-state index contributed by atoms with van der Waals surface area (Å²) in [5, 5.41) is 3.83. The third kappa shape index (κ3) is 4.60. The molecule has 0 atom stereocenters. The molecule has 1 aliphatic carbocycles. The van der Waals surface area contributed by atoms with E-state index in [4.69, 9.17) is 5.73 Å². The monoisotopic (exact) mass is 355 g/mol. The largest absolute Gasteiger partial charge is 0.366 e. The van der Waals surface area contributed by atoms with E-state index in [-0.39, 0.29) is 11.9 Å². The molecule has 0 saturated heterocycles. The molecule has 0 spiro atoms. The number of rotatable bonds is 6. The van der Waals surface area contributed by atoms with Crippen LogP contribution in [0.5, 0.6) is 0 Å². The molecule has 2 aromatic rings. The van der Waals surface area contributed by atoms with Crippen LogP contribution in [0.15, 0.2) is 47.6 Å². The Morgan fingerprint density at radius 3 is 2.56 bits per heavy atom. The fraction of sp³-hybridized carbons (Fsp3) is 0.316. The van der Waals surface area contributed by atoms with Crippen LogP contribution in [0.3, 0.4) is 0 Å². The average Bonchev–Trinajstić information content (AvgIpc) is 3.13. The molecular weight excluding hydrogens is 334 g/mol. The van der Waals surface area contributed by atoms with E-state index < -0.39 is 5.91 Å². The van der Waals surface area contributed by atoms with Gasteiger partial charge < -0.3 is 11.1 Å². The van der Waals surface area contributed by atoms with Gasteiger partial charge in [-0.3, -0.25) is 9.59 Å². The van der Waals surface area contributed by atoms with Crippen LogP contribution in [0, 0.1) is 0 Å². The van der Waals surface area contributed by atoms with Gasteiger partial charge in [0.15, 0.2) is 0 Å². The number of nitrogens with one attached hydrogen (secondary N) is 1. The number of carbonyl (C=O) groups is 2. The van der Waals surface area contributed by atoms with Crippen LogP contribution in [-0.2, 0) is 5.75 Å². The van der Waals surface area contributed by atoms with Gasteiger partial charge in [-0.2, -0.15) is 0 Å². The summed E-state index contributed by atoms with van der Waals surface area (Å²) in [6.07, 6.45) is 6.17.